The second-order valence-electron chi connectivity index (χ2n) is 4.85. The fourth-order valence-corrected chi connectivity index (χ4v) is 1.67. The van der Waals surface area contributed by atoms with Gasteiger partial charge in [0.15, 0.2) is 5.84 Å². The Labute approximate surface area is 107 Å². The number of hydrogen-bond acceptors (Lipinski definition) is 4. The zero-order valence-corrected chi connectivity index (χ0v) is 10.5. The molecule has 1 aliphatic carbocycles. The van der Waals surface area contributed by atoms with E-state index in [1.807, 2.05) is 12.1 Å². The molecular formula is C13H19N3O2. The van der Waals surface area contributed by atoms with Crippen molar-refractivity contribution in [1.29, 1.82) is 0 Å². The summed E-state index contributed by atoms with van der Waals surface area (Å²) in [6, 6.07) is 7.15. The van der Waals surface area contributed by atoms with Gasteiger partial charge in [-0.15, -0.1) is 0 Å². The summed E-state index contributed by atoms with van der Waals surface area (Å²) in [4.78, 5) is 0. The summed E-state index contributed by atoms with van der Waals surface area (Å²) in [5.41, 5.74) is 6.49. The number of oxime groups is 1. The quantitative estimate of drug-likeness (QED) is 0.233. The van der Waals surface area contributed by atoms with Gasteiger partial charge in [-0.25, -0.2) is 0 Å². The van der Waals surface area contributed by atoms with E-state index in [-0.39, 0.29) is 5.84 Å². The van der Waals surface area contributed by atoms with E-state index >= 15 is 0 Å². The van der Waals surface area contributed by atoms with Crippen molar-refractivity contribution in [3.63, 3.8) is 0 Å². The maximum absolute atomic E-state index is 8.54. The molecule has 0 aromatic heterocycles. The molecule has 98 valence electrons. The number of benzene rings is 1. The highest BCUT2D eigenvalue weighted by molar-refractivity contribution is 5.97. The number of rotatable bonds is 6. The third-order valence-corrected chi connectivity index (χ3v) is 3.18. The molecule has 0 spiro atoms. The fourth-order valence-electron chi connectivity index (χ4n) is 1.67. The molecule has 1 aliphatic rings. The minimum Gasteiger partial charge on any atom is -0.492 e. The lowest BCUT2D eigenvalue weighted by Gasteiger charge is -2.12. The van der Waals surface area contributed by atoms with Gasteiger partial charge >= 0.3 is 0 Å². The molecule has 4 N–H and O–H groups in total. The van der Waals surface area contributed by atoms with Crippen LogP contribution in [0.5, 0.6) is 5.75 Å². The molecule has 1 aromatic rings. The first-order valence-corrected chi connectivity index (χ1v) is 6.09. The number of hydrogen-bond donors (Lipinski definition) is 3. The molecule has 18 heavy (non-hydrogen) atoms. The number of amidine groups is 1. The van der Waals surface area contributed by atoms with Gasteiger partial charge < -0.3 is 21.0 Å². The second-order valence-corrected chi connectivity index (χ2v) is 4.85. The Morgan fingerprint density at radius 2 is 2.11 bits per heavy atom. The fraction of sp³-hybridized carbons (Fsp3) is 0.462. The predicted molar refractivity (Wildman–Crippen MR) is 70.1 cm³/mol. The van der Waals surface area contributed by atoms with Gasteiger partial charge in [0.25, 0.3) is 0 Å². The summed E-state index contributed by atoms with van der Waals surface area (Å²) in [5, 5.41) is 14.9. The first-order valence-electron chi connectivity index (χ1n) is 6.09. The number of nitrogens with two attached hydrogens (primary N) is 1. The SMILES string of the molecule is CC1(NCCOc2ccc(/C(N)=N/O)cc2)CC1. The van der Waals surface area contributed by atoms with Crippen LogP contribution in [0.15, 0.2) is 29.4 Å². The van der Waals surface area contributed by atoms with E-state index in [2.05, 4.69) is 17.4 Å². The van der Waals surface area contributed by atoms with Gasteiger partial charge in [-0.05, 0) is 44.0 Å². The van der Waals surface area contributed by atoms with E-state index in [1.165, 1.54) is 12.8 Å². The van der Waals surface area contributed by atoms with Crippen LogP contribution in [0.1, 0.15) is 25.3 Å². The van der Waals surface area contributed by atoms with Crippen LogP contribution in [0.4, 0.5) is 0 Å². The topological polar surface area (TPSA) is 79.9 Å². The molecule has 5 nitrogen and oxygen atoms in total. The molecular weight excluding hydrogens is 230 g/mol. The molecule has 0 amide bonds. The van der Waals surface area contributed by atoms with Gasteiger partial charge in [-0.2, -0.15) is 0 Å². The average Bonchev–Trinajstić information content (AvgIpc) is 3.13. The summed E-state index contributed by atoms with van der Waals surface area (Å²) in [6.45, 7) is 3.70. The first kappa shape index (κ1) is 12.7. The van der Waals surface area contributed by atoms with Crippen molar-refractivity contribution in [2.45, 2.75) is 25.3 Å². The molecule has 0 heterocycles. The highest BCUT2D eigenvalue weighted by Crippen LogP contribution is 2.33. The molecule has 0 radical (unpaired) electrons. The molecule has 2 rings (SSSR count). The van der Waals surface area contributed by atoms with E-state index in [0.717, 1.165) is 12.3 Å². The van der Waals surface area contributed by atoms with Crippen LogP contribution < -0.4 is 15.8 Å². The minimum absolute atomic E-state index is 0.102. The number of nitrogens with one attached hydrogen (secondary N) is 1. The third-order valence-electron chi connectivity index (χ3n) is 3.18. The van der Waals surface area contributed by atoms with Crippen molar-refractivity contribution in [3.05, 3.63) is 29.8 Å². The van der Waals surface area contributed by atoms with Crippen LogP contribution in [0.25, 0.3) is 0 Å². The Bertz CT molecular complexity index is 424. The molecule has 0 atom stereocenters. The molecule has 0 unspecified atom stereocenters. The standard InChI is InChI=1S/C13H19N3O2/c1-13(6-7-13)15-8-9-18-11-4-2-10(3-5-11)12(14)16-17/h2-5,15,17H,6-9H2,1H3,(H2,14,16). The largest absolute Gasteiger partial charge is 0.492 e. The van der Waals surface area contributed by atoms with E-state index in [1.54, 1.807) is 12.1 Å². The molecule has 0 aliphatic heterocycles. The van der Waals surface area contributed by atoms with Crippen molar-refractivity contribution in [2.24, 2.45) is 10.9 Å². The zero-order valence-electron chi connectivity index (χ0n) is 10.5. The lowest BCUT2D eigenvalue weighted by atomic mass is 10.2. The van der Waals surface area contributed by atoms with Crippen molar-refractivity contribution in [2.75, 3.05) is 13.2 Å². The Kier molecular flexibility index (Phi) is 3.72. The lowest BCUT2D eigenvalue weighted by Crippen LogP contribution is -2.31. The van der Waals surface area contributed by atoms with Crippen LogP contribution in [0, 0.1) is 0 Å². The van der Waals surface area contributed by atoms with Crippen molar-refractivity contribution < 1.29 is 9.94 Å². The highest BCUT2D eigenvalue weighted by atomic mass is 16.5. The van der Waals surface area contributed by atoms with Crippen molar-refractivity contribution in [3.8, 4) is 5.75 Å². The molecule has 0 bridgehead atoms. The summed E-state index contributed by atoms with van der Waals surface area (Å²) in [6.07, 6.45) is 2.50. The van der Waals surface area contributed by atoms with Crippen LogP contribution in [-0.2, 0) is 0 Å². The van der Waals surface area contributed by atoms with Crippen LogP contribution >= 0.6 is 0 Å². The van der Waals surface area contributed by atoms with E-state index in [4.69, 9.17) is 15.7 Å². The van der Waals surface area contributed by atoms with Gasteiger partial charge in [-0.3, -0.25) is 0 Å². The van der Waals surface area contributed by atoms with Gasteiger partial charge in [0.05, 0.1) is 0 Å². The molecule has 5 heteroatoms. The van der Waals surface area contributed by atoms with Gasteiger partial charge in [-0.1, -0.05) is 5.16 Å². The van der Waals surface area contributed by atoms with Crippen LogP contribution in [0.3, 0.4) is 0 Å². The summed E-state index contributed by atoms with van der Waals surface area (Å²) >= 11 is 0. The van der Waals surface area contributed by atoms with Crippen LogP contribution in [0.2, 0.25) is 0 Å². The normalized spacial score (nSPS) is 17.5. The van der Waals surface area contributed by atoms with Gasteiger partial charge in [0, 0.05) is 17.6 Å². The van der Waals surface area contributed by atoms with E-state index in [9.17, 15) is 0 Å². The molecule has 0 saturated heterocycles. The monoisotopic (exact) mass is 249 g/mol. The predicted octanol–water partition coefficient (Wildman–Crippen LogP) is 1.30. The Morgan fingerprint density at radius 1 is 1.44 bits per heavy atom. The van der Waals surface area contributed by atoms with E-state index < -0.39 is 0 Å². The summed E-state index contributed by atoms with van der Waals surface area (Å²) in [5.74, 6) is 0.886. The first-order chi connectivity index (χ1) is 8.63. The summed E-state index contributed by atoms with van der Waals surface area (Å²) in [7, 11) is 0. The summed E-state index contributed by atoms with van der Waals surface area (Å²) < 4.78 is 5.59. The van der Waals surface area contributed by atoms with Crippen LogP contribution in [-0.4, -0.2) is 29.7 Å². The Balaban J connectivity index is 1.76. The Hall–Kier alpha value is -1.75. The molecule has 1 saturated carbocycles. The van der Waals surface area contributed by atoms with Crippen molar-refractivity contribution >= 4 is 5.84 Å². The lowest BCUT2D eigenvalue weighted by molar-refractivity contribution is 0.304. The Morgan fingerprint density at radius 3 is 2.67 bits per heavy atom. The van der Waals surface area contributed by atoms with Gasteiger partial charge in [0.1, 0.15) is 12.4 Å². The average molecular weight is 249 g/mol. The number of nitrogens with zero attached hydrogens (tertiary/aromatic N) is 1. The third kappa shape index (κ3) is 3.37. The zero-order chi connectivity index (χ0) is 13.0. The molecule has 1 fully saturated rings. The minimum atomic E-state index is 0.102. The van der Waals surface area contributed by atoms with Crippen molar-refractivity contribution in [1.82, 2.24) is 5.32 Å². The molecule has 1 aromatic carbocycles. The smallest absolute Gasteiger partial charge is 0.170 e. The van der Waals surface area contributed by atoms with E-state index in [0.29, 0.717) is 17.7 Å². The maximum atomic E-state index is 8.54. The highest BCUT2D eigenvalue weighted by Gasteiger charge is 2.36. The maximum Gasteiger partial charge on any atom is 0.170 e. The number of ether oxygens (including phenoxy) is 1. The van der Waals surface area contributed by atoms with Gasteiger partial charge in [0.2, 0.25) is 0 Å². The second kappa shape index (κ2) is 5.27.